The molecular formula is C17H24N2S. The van der Waals surface area contributed by atoms with Crippen LogP contribution >= 0.6 is 12.2 Å². The second kappa shape index (κ2) is 6.13. The van der Waals surface area contributed by atoms with Gasteiger partial charge in [-0.2, -0.15) is 0 Å². The van der Waals surface area contributed by atoms with Gasteiger partial charge in [-0.05, 0) is 62.7 Å². The van der Waals surface area contributed by atoms with Crippen LogP contribution in [0, 0.1) is 12.8 Å². The lowest BCUT2D eigenvalue weighted by atomic mass is 9.91. The van der Waals surface area contributed by atoms with Crippen LogP contribution < -0.4 is 5.32 Å². The minimum absolute atomic E-state index is 0.667. The van der Waals surface area contributed by atoms with Crippen LogP contribution in [0.15, 0.2) is 24.3 Å². The van der Waals surface area contributed by atoms with Crippen LogP contribution in [0.3, 0.4) is 0 Å². The summed E-state index contributed by atoms with van der Waals surface area (Å²) >= 11 is 5.54. The first-order valence-corrected chi connectivity index (χ1v) is 8.22. The van der Waals surface area contributed by atoms with Crippen LogP contribution in [0.5, 0.6) is 0 Å². The van der Waals surface area contributed by atoms with Gasteiger partial charge in [-0.15, -0.1) is 0 Å². The Morgan fingerprint density at radius 1 is 1.25 bits per heavy atom. The van der Waals surface area contributed by atoms with E-state index in [9.17, 15) is 0 Å². The summed E-state index contributed by atoms with van der Waals surface area (Å²) in [7, 11) is 0. The van der Waals surface area contributed by atoms with Gasteiger partial charge in [0.2, 0.25) is 0 Å². The predicted molar refractivity (Wildman–Crippen MR) is 87.9 cm³/mol. The van der Waals surface area contributed by atoms with E-state index in [0.29, 0.717) is 6.04 Å². The standard InChI is InChI=1S/C17H24N2S/c1-13-4-6-14(7-5-13)11-15-3-2-10-19(12-15)17(20)18-16-8-9-16/h4-7,15-16H,2-3,8-12H2,1H3,(H,18,20)/t15-/m0/s1. The third-order valence-electron chi connectivity index (χ3n) is 4.36. The van der Waals surface area contributed by atoms with Crippen molar-refractivity contribution in [3.05, 3.63) is 35.4 Å². The minimum Gasteiger partial charge on any atom is -0.360 e. The van der Waals surface area contributed by atoms with Crippen molar-refractivity contribution in [2.24, 2.45) is 5.92 Å². The van der Waals surface area contributed by atoms with Crippen LogP contribution in [-0.2, 0) is 6.42 Å². The predicted octanol–water partition coefficient (Wildman–Crippen LogP) is 3.29. The first-order valence-electron chi connectivity index (χ1n) is 7.82. The van der Waals surface area contributed by atoms with Crippen molar-refractivity contribution in [3.63, 3.8) is 0 Å². The molecule has 1 aliphatic carbocycles. The van der Waals surface area contributed by atoms with E-state index in [1.807, 2.05) is 0 Å². The molecule has 0 unspecified atom stereocenters. The lowest BCUT2D eigenvalue weighted by Crippen LogP contribution is -2.46. The second-order valence-corrected chi connectivity index (χ2v) is 6.75. The fourth-order valence-electron chi connectivity index (χ4n) is 2.97. The zero-order chi connectivity index (χ0) is 13.9. The van der Waals surface area contributed by atoms with E-state index in [1.54, 1.807) is 0 Å². The second-order valence-electron chi connectivity index (χ2n) is 6.37. The lowest BCUT2D eigenvalue weighted by Gasteiger charge is -2.34. The number of hydrogen-bond acceptors (Lipinski definition) is 1. The molecule has 1 aromatic carbocycles. The highest BCUT2D eigenvalue weighted by Gasteiger charge is 2.26. The fraction of sp³-hybridized carbons (Fsp3) is 0.588. The van der Waals surface area contributed by atoms with Gasteiger partial charge in [-0.3, -0.25) is 0 Å². The van der Waals surface area contributed by atoms with Crippen molar-refractivity contribution >= 4 is 17.3 Å². The topological polar surface area (TPSA) is 15.3 Å². The molecule has 1 aromatic rings. The van der Waals surface area contributed by atoms with Gasteiger partial charge in [0.05, 0.1) is 0 Å². The maximum Gasteiger partial charge on any atom is 0.169 e. The maximum atomic E-state index is 5.54. The molecule has 1 heterocycles. The highest BCUT2D eigenvalue weighted by molar-refractivity contribution is 7.80. The van der Waals surface area contributed by atoms with Crippen LogP contribution in [0.1, 0.15) is 36.8 Å². The molecule has 1 aliphatic heterocycles. The summed E-state index contributed by atoms with van der Waals surface area (Å²) in [5.74, 6) is 0.741. The van der Waals surface area contributed by atoms with Crippen molar-refractivity contribution in [3.8, 4) is 0 Å². The minimum atomic E-state index is 0.667. The number of hydrogen-bond donors (Lipinski definition) is 1. The van der Waals surface area contributed by atoms with Gasteiger partial charge in [-0.25, -0.2) is 0 Å². The molecule has 0 radical (unpaired) electrons. The average Bonchev–Trinajstić information content (AvgIpc) is 3.26. The van der Waals surface area contributed by atoms with Crippen molar-refractivity contribution < 1.29 is 0 Å². The Bertz CT molecular complexity index is 464. The molecule has 1 saturated carbocycles. The molecule has 0 aromatic heterocycles. The van der Waals surface area contributed by atoms with Gasteiger partial charge in [0.25, 0.3) is 0 Å². The molecule has 3 rings (SSSR count). The van der Waals surface area contributed by atoms with Crippen molar-refractivity contribution in [2.45, 2.75) is 45.1 Å². The van der Waals surface area contributed by atoms with E-state index in [0.717, 1.165) is 24.1 Å². The number of likely N-dealkylation sites (tertiary alicyclic amines) is 1. The third kappa shape index (κ3) is 3.72. The van der Waals surface area contributed by atoms with Gasteiger partial charge in [0.1, 0.15) is 0 Å². The molecule has 0 spiro atoms. The highest BCUT2D eigenvalue weighted by atomic mass is 32.1. The zero-order valence-electron chi connectivity index (χ0n) is 12.3. The van der Waals surface area contributed by atoms with Gasteiger partial charge < -0.3 is 10.2 Å². The van der Waals surface area contributed by atoms with Crippen molar-refractivity contribution in [1.29, 1.82) is 0 Å². The van der Waals surface area contributed by atoms with E-state index in [2.05, 4.69) is 41.4 Å². The molecule has 2 nitrogen and oxygen atoms in total. The molecule has 3 heteroatoms. The largest absolute Gasteiger partial charge is 0.360 e. The zero-order valence-corrected chi connectivity index (χ0v) is 13.1. The van der Waals surface area contributed by atoms with Crippen molar-refractivity contribution in [2.75, 3.05) is 13.1 Å². The Labute approximate surface area is 127 Å². The molecule has 108 valence electrons. The number of aryl methyl sites for hydroxylation is 1. The smallest absolute Gasteiger partial charge is 0.169 e. The summed E-state index contributed by atoms with van der Waals surface area (Å²) in [6.07, 6.45) is 6.36. The summed E-state index contributed by atoms with van der Waals surface area (Å²) in [4.78, 5) is 2.38. The van der Waals surface area contributed by atoms with E-state index in [4.69, 9.17) is 12.2 Å². The summed E-state index contributed by atoms with van der Waals surface area (Å²) in [6, 6.07) is 9.65. The molecule has 20 heavy (non-hydrogen) atoms. The quantitative estimate of drug-likeness (QED) is 0.859. The summed E-state index contributed by atoms with van der Waals surface area (Å²) in [5.41, 5.74) is 2.80. The van der Waals surface area contributed by atoms with E-state index in [1.165, 1.54) is 43.2 Å². The molecule has 1 saturated heterocycles. The van der Waals surface area contributed by atoms with Gasteiger partial charge >= 0.3 is 0 Å². The Morgan fingerprint density at radius 3 is 2.70 bits per heavy atom. The molecule has 0 bridgehead atoms. The first-order chi connectivity index (χ1) is 9.70. The Kier molecular flexibility index (Phi) is 4.25. The summed E-state index contributed by atoms with van der Waals surface area (Å²) in [6.45, 7) is 4.39. The van der Waals surface area contributed by atoms with Crippen LogP contribution in [0.2, 0.25) is 0 Å². The Hall–Kier alpha value is -1.09. The number of rotatable bonds is 3. The Balaban J connectivity index is 1.54. The van der Waals surface area contributed by atoms with Gasteiger partial charge in [0, 0.05) is 19.1 Å². The maximum absolute atomic E-state index is 5.54. The number of benzene rings is 1. The molecule has 1 N–H and O–H groups in total. The fourth-order valence-corrected chi connectivity index (χ4v) is 3.30. The highest BCUT2D eigenvalue weighted by Crippen LogP contribution is 2.23. The summed E-state index contributed by atoms with van der Waals surface area (Å²) in [5, 5.41) is 4.46. The van der Waals surface area contributed by atoms with Crippen LogP contribution in [-0.4, -0.2) is 29.1 Å². The van der Waals surface area contributed by atoms with Gasteiger partial charge in [-0.1, -0.05) is 29.8 Å². The first kappa shape index (κ1) is 13.9. The van der Waals surface area contributed by atoms with Crippen LogP contribution in [0.25, 0.3) is 0 Å². The van der Waals surface area contributed by atoms with Gasteiger partial charge in [0.15, 0.2) is 5.11 Å². The summed E-state index contributed by atoms with van der Waals surface area (Å²) < 4.78 is 0. The van der Waals surface area contributed by atoms with E-state index < -0.39 is 0 Å². The number of nitrogens with zero attached hydrogens (tertiary/aromatic N) is 1. The van der Waals surface area contributed by atoms with Crippen molar-refractivity contribution in [1.82, 2.24) is 10.2 Å². The molecule has 0 amide bonds. The number of nitrogens with one attached hydrogen (secondary N) is 1. The number of piperidine rings is 1. The SMILES string of the molecule is Cc1ccc(C[C@@H]2CCCN(C(=S)NC3CC3)C2)cc1. The average molecular weight is 288 g/mol. The Morgan fingerprint density at radius 2 is 2.00 bits per heavy atom. The molecular weight excluding hydrogens is 264 g/mol. The lowest BCUT2D eigenvalue weighted by molar-refractivity contribution is 0.254. The van der Waals surface area contributed by atoms with Crippen LogP contribution in [0.4, 0.5) is 0 Å². The number of thiocarbonyl (C=S) groups is 1. The monoisotopic (exact) mass is 288 g/mol. The molecule has 1 atom stereocenters. The third-order valence-corrected chi connectivity index (χ3v) is 4.73. The molecule has 2 aliphatic rings. The normalized spacial score (nSPS) is 22.6. The van der Waals surface area contributed by atoms with E-state index >= 15 is 0 Å². The van der Waals surface area contributed by atoms with E-state index in [-0.39, 0.29) is 0 Å². The molecule has 2 fully saturated rings.